The number of unbranched alkanes of at least 4 members (excludes halogenated alkanes) is 1. The fraction of sp³-hybridized carbons (Fsp3) is 0.857. The first kappa shape index (κ1) is 15.0. The summed E-state index contributed by atoms with van der Waals surface area (Å²) in [5.74, 6) is 0. The van der Waals surface area contributed by atoms with E-state index in [1.165, 1.54) is 25.7 Å². The van der Waals surface area contributed by atoms with Crippen LogP contribution >= 0.6 is 0 Å². The second-order valence-corrected chi connectivity index (χ2v) is 12.1. The summed E-state index contributed by atoms with van der Waals surface area (Å²) in [4.78, 5) is 0. The van der Waals surface area contributed by atoms with E-state index in [2.05, 4.69) is 53.4 Å². The third-order valence-corrected chi connectivity index (χ3v) is 10.7. The largest absolute Gasteiger partial charge is 0.103 e. The quantitative estimate of drug-likeness (QED) is 0.406. The zero-order valence-corrected chi connectivity index (χ0v) is 12.7. The van der Waals surface area contributed by atoms with Gasteiger partial charge < -0.3 is 0 Å². The highest BCUT2D eigenvalue weighted by Gasteiger charge is 2.40. The van der Waals surface area contributed by atoms with Crippen LogP contribution in [0.25, 0.3) is 0 Å². The first-order valence-corrected chi connectivity index (χ1v) is 9.46. The molecule has 0 amide bonds. The summed E-state index contributed by atoms with van der Waals surface area (Å²) in [5, 5.41) is 0.508. The van der Waals surface area contributed by atoms with Crippen LogP contribution < -0.4 is 0 Å². The van der Waals surface area contributed by atoms with E-state index in [1.54, 1.807) is 0 Å². The van der Waals surface area contributed by atoms with Crippen LogP contribution in [0.3, 0.4) is 0 Å². The topological polar surface area (TPSA) is 0 Å². The summed E-state index contributed by atoms with van der Waals surface area (Å²) in [5.41, 5.74) is 0.912. The molecule has 0 saturated carbocycles. The van der Waals surface area contributed by atoms with Crippen molar-refractivity contribution in [2.75, 3.05) is 0 Å². The highest BCUT2D eigenvalue weighted by atomic mass is 28.3. The third-order valence-electron chi connectivity index (χ3n) is 4.31. The summed E-state index contributed by atoms with van der Waals surface area (Å²) >= 11 is 0. The highest BCUT2D eigenvalue weighted by Crippen LogP contribution is 2.46. The second-order valence-electron chi connectivity index (χ2n) is 6.34. The Balaban J connectivity index is 4.64. The predicted molar refractivity (Wildman–Crippen MR) is 75.3 cm³/mol. The lowest BCUT2D eigenvalue weighted by molar-refractivity contribution is 0.611. The van der Waals surface area contributed by atoms with Crippen molar-refractivity contribution < 1.29 is 0 Å². The molecule has 0 rings (SSSR count). The first-order valence-electron chi connectivity index (χ1n) is 6.38. The smallest absolute Gasteiger partial charge is 0.0561 e. The van der Waals surface area contributed by atoms with Crippen molar-refractivity contribution in [1.82, 2.24) is 0 Å². The van der Waals surface area contributed by atoms with Gasteiger partial charge in [-0.15, -0.1) is 6.58 Å². The fourth-order valence-corrected chi connectivity index (χ4v) is 4.94. The average Bonchev–Trinajstić information content (AvgIpc) is 2.10. The summed E-state index contributed by atoms with van der Waals surface area (Å²) < 4.78 is 0. The van der Waals surface area contributed by atoms with Gasteiger partial charge in [-0.1, -0.05) is 66.1 Å². The molecule has 0 aliphatic heterocycles. The lowest BCUT2D eigenvalue weighted by Crippen LogP contribution is -2.42. The van der Waals surface area contributed by atoms with Crippen LogP contribution in [0.2, 0.25) is 23.7 Å². The van der Waals surface area contributed by atoms with E-state index >= 15 is 0 Å². The molecule has 0 spiro atoms. The van der Waals surface area contributed by atoms with E-state index < -0.39 is 8.07 Å². The van der Waals surface area contributed by atoms with Crippen LogP contribution in [-0.2, 0) is 0 Å². The van der Waals surface area contributed by atoms with Crippen LogP contribution in [0.15, 0.2) is 12.7 Å². The Morgan fingerprint density at radius 3 is 2.13 bits per heavy atom. The molecule has 0 aliphatic carbocycles. The zero-order valence-electron chi connectivity index (χ0n) is 11.7. The number of hydrogen-bond donors (Lipinski definition) is 0. The van der Waals surface area contributed by atoms with E-state index in [-0.39, 0.29) is 0 Å². The van der Waals surface area contributed by atoms with Gasteiger partial charge in [0.15, 0.2) is 0 Å². The molecular formula is C14H30Si. The van der Waals surface area contributed by atoms with Gasteiger partial charge in [-0.25, -0.2) is 0 Å². The molecule has 0 aromatic carbocycles. The average molecular weight is 226 g/mol. The maximum absolute atomic E-state index is 3.93. The van der Waals surface area contributed by atoms with Gasteiger partial charge in [0, 0.05) is 0 Å². The number of allylic oxidation sites excluding steroid dienone is 1. The lowest BCUT2D eigenvalue weighted by Gasteiger charge is -2.43. The van der Waals surface area contributed by atoms with Crippen LogP contribution in [0, 0.1) is 0 Å². The van der Waals surface area contributed by atoms with E-state index in [1.807, 2.05) is 0 Å². The molecule has 1 atom stereocenters. The molecule has 0 N–H and O–H groups in total. The Morgan fingerprint density at radius 1 is 1.27 bits per heavy atom. The van der Waals surface area contributed by atoms with Crippen molar-refractivity contribution in [3.05, 3.63) is 12.7 Å². The highest BCUT2D eigenvalue weighted by molar-refractivity contribution is 6.81. The Hall–Kier alpha value is -0.0431. The minimum atomic E-state index is -1.16. The van der Waals surface area contributed by atoms with Gasteiger partial charge in [0.2, 0.25) is 0 Å². The molecule has 0 aromatic heterocycles. The molecule has 0 bridgehead atoms. The lowest BCUT2D eigenvalue weighted by atomic mass is 10.1. The standard InChI is InChI=1S/C14H30Si/c1-8-10-12-13(11-9-2)15(6,7)14(3,4)5/h9,13H,2,8,10-12H2,1,3-7H3. The summed E-state index contributed by atoms with van der Waals surface area (Å²) in [6.45, 7) is 18.6. The van der Waals surface area contributed by atoms with Gasteiger partial charge in [-0.05, 0) is 17.0 Å². The maximum atomic E-state index is 3.93. The molecule has 0 nitrogen and oxygen atoms in total. The van der Waals surface area contributed by atoms with Crippen molar-refractivity contribution >= 4 is 8.07 Å². The van der Waals surface area contributed by atoms with Gasteiger partial charge in [0.1, 0.15) is 0 Å². The zero-order chi connectivity index (χ0) is 12.1. The summed E-state index contributed by atoms with van der Waals surface area (Å²) in [7, 11) is -1.16. The van der Waals surface area contributed by atoms with Crippen LogP contribution in [-0.4, -0.2) is 8.07 Å². The van der Waals surface area contributed by atoms with Gasteiger partial charge in [-0.3, -0.25) is 0 Å². The van der Waals surface area contributed by atoms with Crippen molar-refractivity contribution in [3.8, 4) is 0 Å². The molecule has 90 valence electrons. The molecule has 0 fully saturated rings. The maximum Gasteiger partial charge on any atom is 0.0561 e. The fourth-order valence-electron chi connectivity index (χ4n) is 2.04. The van der Waals surface area contributed by atoms with E-state index in [0.29, 0.717) is 5.04 Å². The Labute approximate surface area is 98.2 Å². The van der Waals surface area contributed by atoms with Crippen LogP contribution in [0.4, 0.5) is 0 Å². The van der Waals surface area contributed by atoms with Crippen molar-refractivity contribution in [1.29, 1.82) is 0 Å². The van der Waals surface area contributed by atoms with E-state index in [9.17, 15) is 0 Å². The minimum Gasteiger partial charge on any atom is -0.103 e. The first-order chi connectivity index (χ1) is 6.77. The van der Waals surface area contributed by atoms with Crippen LogP contribution in [0.1, 0.15) is 53.4 Å². The Kier molecular flexibility index (Phi) is 5.87. The van der Waals surface area contributed by atoms with Crippen molar-refractivity contribution in [2.45, 2.75) is 77.1 Å². The van der Waals surface area contributed by atoms with Crippen molar-refractivity contribution in [2.24, 2.45) is 0 Å². The molecule has 0 aliphatic rings. The normalized spacial score (nSPS) is 15.1. The van der Waals surface area contributed by atoms with Crippen LogP contribution in [0.5, 0.6) is 0 Å². The van der Waals surface area contributed by atoms with E-state index in [4.69, 9.17) is 0 Å². The number of rotatable bonds is 6. The molecule has 1 heteroatoms. The SMILES string of the molecule is C=CCC(CCCC)[Si](C)(C)C(C)(C)C. The summed E-state index contributed by atoms with van der Waals surface area (Å²) in [6, 6.07) is 0. The molecule has 0 aromatic rings. The monoisotopic (exact) mass is 226 g/mol. The van der Waals surface area contributed by atoms with Gasteiger partial charge >= 0.3 is 0 Å². The Morgan fingerprint density at radius 2 is 1.80 bits per heavy atom. The molecular weight excluding hydrogens is 196 g/mol. The van der Waals surface area contributed by atoms with Crippen molar-refractivity contribution in [3.63, 3.8) is 0 Å². The molecule has 15 heavy (non-hydrogen) atoms. The Bertz CT molecular complexity index is 186. The second kappa shape index (κ2) is 5.88. The summed E-state index contributed by atoms with van der Waals surface area (Å²) in [6.07, 6.45) is 7.45. The van der Waals surface area contributed by atoms with Gasteiger partial charge in [-0.2, -0.15) is 0 Å². The molecule has 1 unspecified atom stereocenters. The number of hydrogen-bond acceptors (Lipinski definition) is 0. The predicted octanol–water partition coefficient (Wildman–Crippen LogP) is 5.63. The minimum absolute atomic E-state index is 0.508. The third kappa shape index (κ3) is 4.14. The molecule has 0 saturated heterocycles. The molecule has 0 heterocycles. The van der Waals surface area contributed by atoms with Gasteiger partial charge in [0.05, 0.1) is 8.07 Å². The molecule has 0 radical (unpaired) electrons. The van der Waals surface area contributed by atoms with Gasteiger partial charge in [0.25, 0.3) is 0 Å². The van der Waals surface area contributed by atoms with E-state index in [0.717, 1.165) is 5.54 Å².